The first-order valence-electron chi connectivity index (χ1n) is 12.6. The fraction of sp³-hybridized carbons (Fsp3) is 0.333. The molecule has 0 amide bonds. The Morgan fingerprint density at radius 2 is 1.25 bits per heavy atom. The number of ketones is 1. The van der Waals surface area contributed by atoms with Crippen LogP contribution in [0.3, 0.4) is 0 Å². The quantitative estimate of drug-likeness (QED) is 0.228. The third-order valence-electron chi connectivity index (χ3n) is 2.93. The number of hydrogen-bond donors (Lipinski definition) is 1. The molecule has 0 unspecified atom stereocenters. The van der Waals surface area contributed by atoms with E-state index >= 15 is 0 Å². The summed E-state index contributed by atoms with van der Waals surface area (Å²) in [5.41, 5.74) is 2.62. The fourth-order valence-electron chi connectivity index (χ4n) is 1.73. The van der Waals surface area contributed by atoms with E-state index in [0.29, 0.717) is 5.57 Å². The van der Waals surface area contributed by atoms with Gasteiger partial charge in [-0.05, 0) is 50.6 Å². The minimum absolute atomic E-state index is 0.0463. The van der Waals surface area contributed by atoms with E-state index in [0.717, 1.165) is 17.8 Å². The molecule has 0 spiro atoms. The van der Waals surface area contributed by atoms with Crippen molar-refractivity contribution >= 4 is 12.6 Å². The maximum absolute atomic E-state index is 11.1. The van der Waals surface area contributed by atoms with Gasteiger partial charge in [-0.25, -0.2) is 0 Å². The van der Waals surface area contributed by atoms with Gasteiger partial charge >= 0.3 is 0 Å². The zero-order valence-electron chi connectivity index (χ0n) is 24.8. The van der Waals surface area contributed by atoms with Gasteiger partial charge in [-0.2, -0.15) is 0 Å². The lowest BCUT2D eigenvalue weighted by molar-refractivity contribution is -0.111. The highest BCUT2D eigenvalue weighted by Gasteiger charge is 1.98. The normalized spacial score (nSPS) is 10.4. The first-order valence-corrected chi connectivity index (χ1v) is 12.6. The van der Waals surface area contributed by atoms with Crippen molar-refractivity contribution in [1.29, 1.82) is 0 Å². The molecule has 0 rings (SSSR count). The third kappa shape index (κ3) is 40.9. The Kier molecular flexibility index (Phi) is 62.4. The van der Waals surface area contributed by atoms with Gasteiger partial charge < -0.3 is 10.1 Å². The minimum Gasteiger partial charge on any atom is -0.356 e. The van der Waals surface area contributed by atoms with Crippen LogP contribution in [0.1, 0.15) is 75.2 Å². The number of nitrogens with one attached hydrogen (secondary N) is 1. The first kappa shape index (κ1) is 46.0. The van der Waals surface area contributed by atoms with E-state index in [1.54, 1.807) is 30.4 Å². The maximum Gasteiger partial charge on any atom is 0.184 e. The Morgan fingerprint density at radius 3 is 1.58 bits per heavy atom. The van der Waals surface area contributed by atoms with Gasteiger partial charge in [-0.1, -0.05) is 130 Å². The van der Waals surface area contributed by atoms with Crippen LogP contribution in [-0.2, 0) is 9.59 Å². The predicted molar refractivity (Wildman–Crippen MR) is 168 cm³/mol. The summed E-state index contributed by atoms with van der Waals surface area (Å²) in [6, 6.07) is 0. The van der Waals surface area contributed by atoms with Crippen molar-refractivity contribution in [2.45, 2.75) is 75.2 Å². The Bertz CT molecular complexity index is 699. The summed E-state index contributed by atoms with van der Waals surface area (Å²) in [6.45, 7) is 34.5. The Morgan fingerprint density at radius 1 is 0.722 bits per heavy atom. The second-order valence-electron chi connectivity index (χ2n) is 5.77. The zero-order valence-corrected chi connectivity index (χ0v) is 24.8. The maximum atomic E-state index is 11.1. The molecule has 1 N–H and O–H groups in total. The molecule has 0 aromatic heterocycles. The summed E-state index contributed by atoms with van der Waals surface area (Å²) in [6.07, 6.45) is 25.7. The second kappa shape index (κ2) is 48.8. The van der Waals surface area contributed by atoms with Gasteiger partial charge in [0, 0.05) is 17.0 Å². The summed E-state index contributed by atoms with van der Waals surface area (Å²) in [4.78, 5) is 19.1. The Labute approximate surface area is 224 Å². The van der Waals surface area contributed by atoms with E-state index in [2.05, 4.69) is 45.5 Å². The lowest BCUT2D eigenvalue weighted by Gasteiger charge is -2.06. The highest BCUT2D eigenvalue weighted by Crippen LogP contribution is 2.02. The van der Waals surface area contributed by atoms with Crippen LogP contribution in [0.4, 0.5) is 0 Å². The summed E-state index contributed by atoms with van der Waals surface area (Å²) in [5, 5.41) is 3.24. The largest absolute Gasteiger partial charge is 0.356 e. The average Bonchev–Trinajstić information content (AvgIpc) is 2.93. The van der Waals surface area contributed by atoms with E-state index < -0.39 is 0 Å². The number of carbonyl (C=O) groups excluding carboxylic acids is 2. The summed E-state index contributed by atoms with van der Waals surface area (Å²) in [5.74, 6) is -0.0463. The molecule has 0 aliphatic carbocycles. The molecule has 3 heteroatoms. The van der Waals surface area contributed by atoms with Gasteiger partial charge in [0.2, 0.25) is 0 Å². The molecule has 0 aromatic carbocycles. The zero-order chi connectivity index (χ0) is 29.6. The average molecular weight is 498 g/mol. The number of allylic oxidation sites excluding steroid dienone is 14. The number of rotatable bonds is 11. The Balaban J connectivity index is -0.0000000955. The third-order valence-corrected chi connectivity index (χ3v) is 2.93. The summed E-state index contributed by atoms with van der Waals surface area (Å²) >= 11 is 0. The van der Waals surface area contributed by atoms with E-state index in [1.165, 1.54) is 12.5 Å². The number of hydrogen-bond acceptors (Lipinski definition) is 3. The van der Waals surface area contributed by atoms with Crippen LogP contribution in [0, 0.1) is 0 Å². The molecule has 3 nitrogen and oxygen atoms in total. The molecule has 0 aromatic rings. The van der Waals surface area contributed by atoms with Gasteiger partial charge in [0.1, 0.15) is 6.79 Å². The lowest BCUT2D eigenvalue weighted by atomic mass is 10.1. The summed E-state index contributed by atoms with van der Waals surface area (Å²) in [7, 11) is 0. The van der Waals surface area contributed by atoms with Crippen molar-refractivity contribution in [3.05, 3.63) is 122 Å². The van der Waals surface area contributed by atoms with Crippen LogP contribution in [0.2, 0.25) is 0 Å². The monoisotopic (exact) mass is 497 g/mol. The van der Waals surface area contributed by atoms with Crippen LogP contribution in [0.5, 0.6) is 0 Å². The molecular formula is C33H55NO2. The van der Waals surface area contributed by atoms with Crippen molar-refractivity contribution in [2.24, 2.45) is 0 Å². The van der Waals surface area contributed by atoms with Crippen LogP contribution < -0.4 is 5.32 Å². The molecule has 0 fully saturated rings. The molecule has 0 saturated heterocycles. The van der Waals surface area contributed by atoms with Crippen molar-refractivity contribution in [1.82, 2.24) is 5.32 Å². The molecule has 0 radical (unpaired) electrons. The van der Waals surface area contributed by atoms with Crippen molar-refractivity contribution in [3.63, 3.8) is 0 Å². The van der Waals surface area contributed by atoms with Gasteiger partial charge in [-0.3, -0.25) is 4.79 Å². The molecule has 204 valence electrons. The Hall–Kier alpha value is -3.46. The molecular weight excluding hydrogens is 442 g/mol. The van der Waals surface area contributed by atoms with Gasteiger partial charge in [0.25, 0.3) is 0 Å². The second-order valence-corrected chi connectivity index (χ2v) is 5.77. The lowest BCUT2D eigenvalue weighted by Crippen LogP contribution is -2.09. The van der Waals surface area contributed by atoms with E-state index in [-0.39, 0.29) is 5.78 Å². The molecule has 36 heavy (non-hydrogen) atoms. The predicted octanol–water partition coefficient (Wildman–Crippen LogP) is 9.97. The standard InChI is InChI=1S/C14H19N.C11H14O.C3H8.2C2H6.CH2O/c1-5-9-12-13(8-4)15-14(10-6-2)11-7-3;1-4-7-9-10(8-5-2)11(12)6-3;1-3-2;3*1-2/h5-12,15H,2,4H2,1,3H3;4,6-9H,1,3,5H2,2H3;3H2,1-2H3;2*1-2H3;1H2/b9-5-,11-7-,13-12+,14-10+;9-7-,10-8+;;;;. The summed E-state index contributed by atoms with van der Waals surface area (Å²) < 4.78 is 0. The highest BCUT2D eigenvalue weighted by atomic mass is 16.1. The van der Waals surface area contributed by atoms with Gasteiger partial charge in [-0.15, -0.1) is 0 Å². The molecule has 0 atom stereocenters. The van der Waals surface area contributed by atoms with Crippen LogP contribution in [-0.4, -0.2) is 12.6 Å². The SMILES string of the molecule is C=C/C=C(\C=C/C)N/C(C=C)=C/C=C\C.C=C/C=C\C(=C/CC)C(=O)C=C.C=O.CC.CC.CCC. The molecule has 0 aliphatic rings. The van der Waals surface area contributed by atoms with Crippen molar-refractivity contribution in [3.8, 4) is 0 Å². The van der Waals surface area contributed by atoms with Gasteiger partial charge in [0.05, 0.1) is 0 Å². The van der Waals surface area contributed by atoms with Crippen LogP contribution >= 0.6 is 0 Å². The first-order chi connectivity index (χ1) is 17.4. The topological polar surface area (TPSA) is 46.2 Å². The van der Waals surface area contributed by atoms with E-state index in [9.17, 15) is 4.79 Å². The smallest absolute Gasteiger partial charge is 0.184 e. The van der Waals surface area contributed by atoms with Gasteiger partial charge in [0.15, 0.2) is 5.78 Å². The highest BCUT2D eigenvalue weighted by molar-refractivity contribution is 6.05. The molecule has 0 saturated carbocycles. The van der Waals surface area contributed by atoms with Crippen LogP contribution in [0.25, 0.3) is 0 Å². The fourth-order valence-corrected chi connectivity index (χ4v) is 1.73. The molecule has 0 aliphatic heterocycles. The van der Waals surface area contributed by atoms with Crippen molar-refractivity contribution < 1.29 is 9.59 Å². The van der Waals surface area contributed by atoms with Crippen LogP contribution in [0.15, 0.2) is 122 Å². The van der Waals surface area contributed by atoms with E-state index in [4.69, 9.17) is 4.79 Å². The molecule has 0 heterocycles. The van der Waals surface area contributed by atoms with E-state index in [1.807, 2.05) is 97.8 Å². The molecule has 0 bridgehead atoms. The minimum atomic E-state index is -0.0463. The van der Waals surface area contributed by atoms with Crippen molar-refractivity contribution in [2.75, 3.05) is 0 Å². The number of carbonyl (C=O) groups is 2.